The predicted octanol–water partition coefficient (Wildman–Crippen LogP) is 3.40. The second-order valence-electron chi connectivity index (χ2n) is 5.59. The van der Waals surface area contributed by atoms with Gasteiger partial charge in [-0.05, 0) is 55.7 Å². The van der Waals surface area contributed by atoms with E-state index in [9.17, 15) is 4.79 Å². The summed E-state index contributed by atoms with van der Waals surface area (Å²) < 4.78 is 5.49. The van der Waals surface area contributed by atoms with Crippen LogP contribution in [0, 0.1) is 6.92 Å². The second-order valence-corrected chi connectivity index (χ2v) is 5.97. The molecule has 4 nitrogen and oxygen atoms in total. The number of carboxylic acid groups (broad SMARTS) is 1. The number of aliphatic carboxylic acids is 1. The van der Waals surface area contributed by atoms with Gasteiger partial charge < -0.3 is 15.6 Å². The molecule has 0 saturated carbocycles. The molecule has 0 spiro atoms. The fourth-order valence-corrected chi connectivity index (χ4v) is 3.61. The molecule has 1 aromatic rings. The van der Waals surface area contributed by atoms with Crippen molar-refractivity contribution in [2.45, 2.75) is 51.5 Å². The summed E-state index contributed by atoms with van der Waals surface area (Å²) in [6.07, 6.45) is 4.68. The van der Waals surface area contributed by atoms with Crippen LogP contribution in [-0.4, -0.2) is 18.2 Å². The summed E-state index contributed by atoms with van der Waals surface area (Å²) in [7, 11) is 1.59. The SMILES string of the molecule is COc1c(Cl)c2c(c(C)c1C(N)CCC(=O)O)CCCC2. The number of carboxylic acids is 1. The Labute approximate surface area is 130 Å². The lowest BCUT2D eigenvalue weighted by Crippen LogP contribution is -2.18. The van der Waals surface area contributed by atoms with E-state index in [4.69, 9.17) is 27.2 Å². The Morgan fingerprint density at radius 2 is 2.00 bits per heavy atom. The summed E-state index contributed by atoms with van der Waals surface area (Å²) in [5.41, 5.74) is 10.6. The lowest BCUT2D eigenvalue weighted by atomic mass is 9.83. The molecule has 1 aliphatic rings. The van der Waals surface area contributed by atoms with Gasteiger partial charge in [0.25, 0.3) is 0 Å². The molecule has 1 aromatic carbocycles. The number of methoxy groups -OCH3 is 1. The van der Waals surface area contributed by atoms with E-state index in [0.717, 1.165) is 36.8 Å². The van der Waals surface area contributed by atoms with Crippen LogP contribution in [0.15, 0.2) is 0 Å². The number of fused-ring (bicyclic) bond motifs is 1. The van der Waals surface area contributed by atoms with Crippen LogP contribution in [0.25, 0.3) is 0 Å². The normalized spacial score (nSPS) is 15.4. The molecule has 1 unspecified atom stereocenters. The Kier molecular flexibility index (Phi) is 5.12. The van der Waals surface area contributed by atoms with E-state index in [1.54, 1.807) is 7.11 Å². The summed E-state index contributed by atoms with van der Waals surface area (Å²) in [5.74, 6) is -0.223. The number of ether oxygens (including phenoxy) is 1. The highest BCUT2D eigenvalue weighted by molar-refractivity contribution is 6.33. The van der Waals surface area contributed by atoms with Crippen molar-refractivity contribution in [3.05, 3.63) is 27.3 Å². The monoisotopic (exact) mass is 311 g/mol. The Morgan fingerprint density at radius 1 is 1.38 bits per heavy atom. The molecule has 0 aromatic heterocycles. The van der Waals surface area contributed by atoms with Crippen molar-refractivity contribution < 1.29 is 14.6 Å². The number of benzene rings is 1. The van der Waals surface area contributed by atoms with Gasteiger partial charge in [0.1, 0.15) is 5.75 Å². The van der Waals surface area contributed by atoms with Crippen LogP contribution in [0.2, 0.25) is 5.02 Å². The summed E-state index contributed by atoms with van der Waals surface area (Å²) in [4.78, 5) is 10.8. The zero-order valence-corrected chi connectivity index (χ0v) is 13.3. The van der Waals surface area contributed by atoms with Gasteiger partial charge in [-0.15, -0.1) is 0 Å². The van der Waals surface area contributed by atoms with Crippen LogP contribution >= 0.6 is 11.6 Å². The third-order valence-corrected chi connectivity index (χ3v) is 4.68. The van der Waals surface area contributed by atoms with Gasteiger partial charge in [-0.2, -0.15) is 0 Å². The van der Waals surface area contributed by atoms with Gasteiger partial charge >= 0.3 is 5.97 Å². The molecule has 0 radical (unpaired) electrons. The molecule has 5 heteroatoms. The van der Waals surface area contributed by atoms with Crippen LogP contribution in [-0.2, 0) is 17.6 Å². The minimum Gasteiger partial charge on any atom is -0.495 e. The van der Waals surface area contributed by atoms with Gasteiger partial charge in [-0.3, -0.25) is 4.79 Å². The molecule has 0 amide bonds. The number of hydrogen-bond donors (Lipinski definition) is 2. The van der Waals surface area contributed by atoms with E-state index < -0.39 is 5.97 Å². The number of rotatable bonds is 5. The topological polar surface area (TPSA) is 72.5 Å². The van der Waals surface area contributed by atoms with Crippen LogP contribution in [0.4, 0.5) is 0 Å². The van der Waals surface area contributed by atoms with Gasteiger partial charge in [0.05, 0.1) is 12.1 Å². The first-order valence-electron chi connectivity index (χ1n) is 7.32. The summed E-state index contributed by atoms with van der Waals surface area (Å²) in [5, 5.41) is 9.49. The number of hydrogen-bond acceptors (Lipinski definition) is 3. The van der Waals surface area contributed by atoms with E-state index in [0.29, 0.717) is 17.2 Å². The van der Waals surface area contributed by atoms with Crippen LogP contribution in [0.3, 0.4) is 0 Å². The maximum absolute atomic E-state index is 10.8. The van der Waals surface area contributed by atoms with Crippen molar-refractivity contribution in [1.82, 2.24) is 0 Å². The van der Waals surface area contributed by atoms with E-state index >= 15 is 0 Å². The van der Waals surface area contributed by atoms with Gasteiger partial charge in [0.2, 0.25) is 0 Å². The molecule has 2 rings (SSSR count). The lowest BCUT2D eigenvalue weighted by Gasteiger charge is -2.27. The third kappa shape index (κ3) is 3.16. The molecule has 1 atom stereocenters. The number of carbonyl (C=O) groups is 1. The molecular weight excluding hydrogens is 290 g/mol. The molecule has 3 N–H and O–H groups in total. The minimum atomic E-state index is -0.842. The Hall–Kier alpha value is -1.26. The van der Waals surface area contributed by atoms with Crippen LogP contribution in [0.1, 0.15) is 54.0 Å². The highest BCUT2D eigenvalue weighted by Gasteiger charge is 2.26. The zero-order valence-electron chi connectivity index (χ0n) is 12.5. The maximum atomic E-state index is 10.8. The maximum Gasteiger partial charge on any atom is 0.303 e. The summed E-state index contributed by atoms with van der Waals surface area (Å²) >= 11 is 6.51. The molecule has 1 aliphatic carbocycles. The fraction of sp³-hybridized carbons (Fsp3) is 0.562. The summed E-state index contributed by atoms with van der Waals surface area (Å²) in [6.45, 7) is 2.04. The minimum absolute atomic E-state index is 0.0401. The van der Waals surface area contributed by atoms with Crippen LogP contribution in [0.5, 0.6) is 5.75 Å². The first kappa shape index (κ1) is 16.1. The van der Waals surface area contributed by atoms with Gasteiger partial charge in [0.15, 0.2) is 0 Å². The average Bonchev–Trinajstić information content (AvgIpc) is 2.48. The summed E-state index contributed by atoms with van der Waals surface area (Å²) in [6, 6.07) is -0.374. The fourth-order valence-electron chi connectivity index (χ4n) is 3.22. The second kappa shape index (κ2) is 6.67. The quantitative estimate of drug-likeness (QED) is 0.874. The standard InChI is InChI=1S/C16H22ClNO3/c1-9-10-5-3-4-6-11(10)15(17)16(21-2)14(9)12(18)7-8-13(19)20/h12H,3-8,18H2,1-2H3,(H,19,20). The number of nitrogens with two attached hydrogens (primary N) is 1. The van der Waals surface area contributed by atoms with Crippen molar-refractivity contribution in [3.63, 3.8) is 0 Å². The van der Waals surface area contributed by atoms with Crippen LogP contribution < -0.4 is 10.5 Å². The Morgan fingerprint density at radius 3 is 2.57 bits per heavy atom. The Bertz CT molecular complexity index is 557. The van der Waals surface area contributed by atoms with Gasteiger partial charge in [0, 0.05) is 18.0 Å². The van der Waals surface area contributed by atoms with E-state index in [2.05, 4.69) is 0 Å². The molecule has 0 heterocycles. The zero-order chi connectivity index (χ0) is 15.6. The van der Waals surface area contributed by atoms with Crippen molar-refractivity contribution in [1.29, 1.82) is 0 Å². The predicted molar refractivity (Wildman–Crippen MR) is 83.2 cm³/mol. The van der Waals surface area contributed by atoms with Crippen molar-refractivity contribution in [3.8, 4) is 5.75 Å². The molecule has 0 bridgehead atoms. The third-order valence-electron chi connectivity index (χ3n) is 4.28. The Balaban J connectivity index is 2.48. The van der Waals surface area contributed by atoms with Crippen molar-refractivity contribution in [2.75, 3.05) is 7.11 Å². The smallest absolute Gasteiger partial charge is 0.303 e. The first-order chi connectivity index (χ1) is 9.97. The lowest BCUT2D eigenvalue weighted by molar-refractivity contribution is -0.137. The largest absolute Gasteiger partial charge is 0.495 e. The van der Waals surface area contributed by atoms with E-state index in [-0.39, 0.29) is 12.5 Å². The highest BCUT2D eigenvalue weighted by atomic mass is 35.5. The molecule has 116 valence electrons. The molecule has 21 heavy (non-hydrogen) atoms. The molecule has 0 fully saturated rings. The van der Waals surface area contributed by atoms with Crippen molar-refractivity contribution >= 4 is 17.6 Å². The van der Waals surface area contributed by atoms with Crippen molar-refractivity contribution in [2.24, 2.45) is 5.73 Å². The molecular formula is C16H22ClNO3. The van der Waals surface area contributed by atoms with E-state index in [1.165, 1.54) is 11.1 Å². The number of halogens is 1. The average molecular weight is 312 g/mol. The highest BCUT2D eigenvalue weighted by Crippen LogP contribution is 2.43. The van der Waals surface area contributed by atoms with E-state index in [1.807, 2.05) is 6.92 Å². The van der Waals surface area contributed by atoms with Gasteiger partial charge in [-0.1, -0.05) is 11.6 Å². The van der Waals surface area contributed by atoms with Gasteiger partial charge in [-0.25, -0.2) is 0 Å². The molecule has 0 aliphatic heterocycles. The molecule has 0 saturated heterocycles. The first-order valence-corrected chi connectivity index (χ1v) is 7.70.